The van der Waals surface area contributed by atoms with Gasteiger partial charge >= 0.3 is 0 Å². The fourth-order valence-corrected chi connectivity index (χ4v) is 3.34. The Morgan fingerprint density at radius 3 is 2.83 bits per heavy atom. The zero-order valence-corrected chi connectivity index (χ0v) is 13.5. The molecule has 2 aromatic rings. The highest BCUT2D eigenvalue weighted by atomic mass is 16.7. The summed E-state index contributed by atoms with van der Waals surface area (Å²) in [6.07, 6.45) is 1.04. The van der Waals surface area contributed by atoms with Gasteiger partial charge in [0.15, 0.2) is 18.0 Å². The van der Waals surface area contributed by atoms with Crippen LogP contribution < -0.4 is 19.7 Å². The van der Waals surface area contributed by atoms with Gasteiger partial charge in [-0.05, 0) is 23.3 Å². The summed E-state index contributed by atoms with van der Waals surface area (Å²) in [6.45, 7) is 3.23. The lowest BCUT2D eigenvalue weighted by Gasteiger charge is -2.25. The molecule has 2 N–H and O–H groups in total. The van der Waals surface area contributed by atoms with E-state index in [9.17, 15) is 4.79 Å². The van der Waals surface area contributed by atoms with Crippen molar-refractivity contribution in [3.63, 3.8) is 0 Å². The van der Waals surface area contributed by atoms with Gasteiger partial charge in [0.05, 0.1) is 6.54 Å². The van der Waals surface area contributed by atoms with Crippen molar-refractivity contribution in [2.24, 2.45) is 0 Å². The first kappa shape index (κ1) is 15.0. The molecule has 0 saturated heterocycles. The lowest BCUT2D eigenvalue weighted by Crippen LogP contribution is -3.12. The molecule has 0 spiro atoms. The van der Waals surface area contributed by atoms with Crippen molar-refractivity contribution in [3.05, 3.63) is 59.2 Å². The maximum Gasteiger partial charge on any atom is 0.275 e. The van der Waals surface area contributed by atoms with Crippen LogP contribution in [0.15, 0.2) is 42.5 Å². The SMILES string of the molecule is O=C(C[NH+]1CCc2ccccc2C1)NCc1ccc2c(c1)OCO2. The van der Waals surface area contributed by atoms with E-state index in [1.54, 1.807) is 0 Å². The second kappa shape index (κ2) is 6.53. The van der Waals surface area contributed by atoms with Crippen molar-refractivity contribution >= 4 is 5.91 Å². The number of fused-ring (bicyclic) bond motifs is 2. The fraction of sp³-hybridized carbons (Fsp3) is 0.316. The molecule has 2 heterocycles. The number of rotatable bonds is 4. The average Bonchev–Trinajstić information content (AvgIpc) is 3.07. The topological polar surface area (TPSA) is 52.0 Å². The van der Waals surface area contributed by atoms with Crippen LogP contribution in [0.25, 0.3) is 0 Å². The molecule has 0 aliphatic carbocycles. The van der Waals surface area contributed by atoms with Crippen LogP contribution in [0, 0.1) is 0 Å². The number of ether oxygens (including phenoxy) is 2. The second-order valence-electron chi connectivity index (χ2n) is 6.34. The van der Waals surface area contributed by atoms with Crippen molar-refractivity contribution in [1.29, 1.82) is 0 Å². The number of hydrogen-bond donors (Lipinski definition) is 2. The summed E-state index contributed by atoms with van der Waals surface area (Å²) in [5.41, 5.74) is 3.80. The van der Waals surface area contributed by atoms with Crippen LogP contribution in [-0.4, -0.2) is 25.8 Å². The van der Waals surface area contributed by atoms with Crippen molar-refractivity contribution in [2.75, 3.05) is 19.9 Å². The Labute approximate surface area is 141 Å². The molecule has 2 aliphatic heterocycles. The third-order valence-electron chi connectivity index (χ3n) is 4.64. The standard InChI is InChI=1S/C19H20N2O3/c22-19(12-21-8-7-15-3-1-2-4-16(15)11-21)20-10-14-5-6-17-18(9-14)24-13-23-17/h1-6,9H,7-8,10-13H2,(H,20,22)/p+1. The van der Waals surface area contributed by atoms with E-state index in [-0.39, 0.29) is 12.7 Å². The predicted octanol–water partition coefficient (Wildman–Crippen LogP) is 0.673. The Bertz CT molecular complexity index is 760. The zero-order valence-electron chi connectivity index (χ0n) is 13.5. The Hall–Kier alpha value is -2.53. The normalized spacial score (nSPS) is 18.1. The van der Waals surface area contributed by atoms with Gasteiger partial charge in [0.2, 0.25) is 6.79 Å². The van der Waals surface area contributed by atoms with Crippen LogP contribution in [0.2, 0.25) is 0 Å². The summed E-state index contributed by atoms with van der Waals surface area (Å²) >= 11 is 0. The van der Waals surface area contributed by atoms with Crippen molar-refractivity contribution in [2.45, 2.75) is 19.5 Å². The molecular formula is C19H21N2O3+. The van der Waals surface area contributed by atoms with Gasteiger partial charge in [-0.2, -0.15) is 0 Å². The van der Waals surface area contributed by atoms with Gasteiger partial charge in [-0.1, -0.05) is 30.3 Å². The quantitative estimate of drug-likeness (QED) is 0.869. The van der Waals surface area contributed by atoms with Gasteiger partial charge in [-0.25, -0.2) is 0 Å². The van der Waals surface area contributed by atoms with E-state index in [4.69, 9.17) is 9.47 Å². The highest BCUT2D eigenvalue weighted by Crippen LogP contribution is 2.32. The van der Waals surface area contributed by atoms with E-state index in [0.29, 0.717) is 13.1 Å². The Kier molecular flexibility index (Phi) is 4.09. The predicted molar refractivity (Wildman–Crippen MR) is 89.0 cm³/mol. The smallest absolute Gasteiger partial charge is 0.275 e. The number of hydrogen-bond acceptors (Lipinski definition) is 3. The number of benzene rings is 2. The molecule has 0 saturated carbocycles. The molecule has 2 aliphatic rings. The molecule has 1 amide bonds. The first-order chi connectivity index (χ1) is 11.8. The second-order valence-corrected chi connectivity index (χ2v) is 6.34. The Morgan fingerprint density at radius 2 is 1.92 bits per heavy atom. The van der Waals surface area contributed by atoms with E-state index >= 15 is 0 Å². The van der Waals surface area contributed by atoms with E-state index in [1.165, 1.54) is 16.0 Å². The Morgan fingerprint density at radius 1 is 1.08 bits per heavy atom. The molecule has 5 heteroatoms. The van der Waals surface area contributed by atoms with Gasteiger partial charge in [-0.3, -0.25) is 4.79 Å². The Balaban J connectivity index is 1.30. The minimum atomic E-state index is 0.0852. The summed E-state index contributed by atoms with van der Waals surface area (Å²) in [6, 6.07) is 14.3. The minimum Gasteiger partial charge on any atom is -0.454 e. The molecule has 0 aromatic heterocycles. The summed E-state index contributed by atoms with van der Waals surface area (Å²) in [5.74, 6) is 1.60. The number of nitrogens with one attached hydrogen (secondary N) is 2. The molecule has 0 bridgehead atoms. The molecule has 1 unspecified atom stereocenters. The van der Waals surface area contributed by atoms with Crippen LogP contribution >= 0.6 is 0 Å². The average molecular weight is 325 g/mol. The number of carbonyl (C=O) groups is 1. The first-order valence-electron chi connectivity index (χ1n) is 8.33. The lowest BCUT2D eigenvalue weighted by molar-refractivity contribution is -0.908. The number of quaternary nitrogens is 1. The van der Waals surface area contributed by atoms with Gasteiger partial charge < -0.3 is 19.7 Å². The summed E-state index contributed by atoms with van der Waals surface area (Å²) < 4.78 is 10.7. The van der Waals surface area contributed by atoms with Crippen molar-refractivity contribution < 1.29 is 19.2 Å². The van der Waals surface area contributed by atoms with Gasteiger partial charge in [-0.15, -0.1) is 0 Å². The molecule has 0 radical (unpaired) electrons. The van der Waals surface area contributed by atoms with E-state index in [2.05, 4.69) is 29.6 Å². The maximum atomic E-state index is 12.2. The molecule has 24 heavy (non-hydrogen) atoms. The molecule has 1 atom stereocenters. The van der Waals surface area contributed by atoms with Crippen LogP contribution in [0.1, 0.15) is 16.7 Å². The largest absolute Gasteiger partial charge is 0.454 e. The van der Waals surface area contributed by atoms with E-state index in [0.717, 1.165) is 36.6 Å². The summed E-state index contributed by atoms with van der Waals surface area (Å²) in [7, 11) is 0. The monoisotopic (exact) mass is 325 g/mol. The molecule has 4 rings (SSSR count). The summed E-state index contributed by atoms with van der Waals surface area (Å²) in [5, 5.41) is 3.01. The zero-order chi connectivity index (χ0) is 16.4. The van der Waals surface area contributed by atoms with E-state index < -0.39 is 0 Å². The third-order valence-corrected chi connectivity index (χ3v) is 4.64. The lowest BCUT2D eigenvalue weighted by atomic mass is 10.00. The highest BCUT2D eigenvalue weighted by molar-refractivity contribution is 5.76. The summed E-state index contributed by atoms with van der Waals surface area (Å²) in [4.78, 5) is 13.6. The molecule has 5 nitrogen and oxygen atoms in total. The minimum absolute atomic E-state index is 0.0852. The number of amides is 1. The first-order valence-corrected chi connectivity index (χ1v) is 8.33. The van der Waals surface area contributed by atoms with Crippen LogP contribution in [0.4, 0.5) is 0 Å². The van der Waals surface area contributed by atoms with E-state index in [1.807, 2.05) is 18.2 Å². The fourth-order valence-electron chi connectivity index (χ4n) is 3.34. The van der Waals surface area contributed by atoms with Gasteiger partial charge in [0.25, 0.3) is 5.91 Å². The van der Waals surface area contributed by atoms with Crippen molar-refractivity contribution in [1.82, 2.24) is 5.32 Å². The van der Waals surface area contributed by atoms with Gasteiger partial charge in [0.1, 0.15) is 6.54 Å². The molecule has 124 valence electrons. The third kappa shape index (κ3) is 3.21. The molecule has 2 aromatic carbocycles. The van der Waals surface area contributed by atoms with Crippen LogP contribution in [-0.2, 0) is 24.3 Å². The van der Waals surface area contributed by atoms with Gasteiger partial charge in [0, 0.05) is 18.5 Å². The maximum absolute atomic E-state index is 12.2. The highest BCUT2D eigenvalue weighted by Gasteiger charge is 2.21. The van der Waals surface area contributed by atoms with Crippen LogP contribution in [0.3, 0.4) is 0 Å². The number of carbonyl (C=O) groups excluding carboxylic acids is 1. The molecular weight excluding hydrogens is 304 g/mol. The molecule has 0 fully saturated rings. The van der Waals surface area contributed by atoms with Crippen molar-refractivity contribution in [3.8, 4) is 11.5 Å². The van der Waals surface area contributed by atoms with Crippen LogP contribution in [0.5, 0.6) is 11.5 Å².